The van der Waals surface area contributed by atoms with Crippen LogP contribution in [0.4, 0.5) is 4.79 Å². The van der Waals surface area contributed by atoms with E-state index in [9.17, 15) is 9.59 Å². The van der Waals surface area contributed by atoms with Gasteiger partial charge in [-0.1, -0.05) is 6.92 Å². The molecule has 1 heterocycles. The van der Waals surface area contributed by atoms with E-state index in [0.29, 0.717) is 6.54 Å². The van der Waals surface area contributed by atoms with E-state index in [4.69, 9.17) is 5.11 Å². The quantitative estimate of drug-likeness (QED) is 0.803. The maximum atomic E-state index is 11.7. The van der Waals surface area contributed by atoms with Crippen molar-refractivity contribution in [2.75, 3.05) is 20.1 Å². The Bertz CT molecular complexity index is 422. The van der Waals surface area contributed by atoms with Crippen LogP contribution in [0, 0.1) is 5.92 Å². The lowest BCUT2D eigenvalue weighted by Crippen LogP contribution is -2.41. The van der Waals surface area contributed by atoms with Crippen LogP contribution in [0.25, 0.3) is 0 Å². The first-order valence-corrected chi connectivity index (χ1v) is 6.11. The molecule has 104 valence electrons. The minimum absolute atomic E-state index is 0.133. The number of aliphatic carboxylic acids is 1. The molecule has 1 aromatic rings. The molecule has 2 amide bonds. The molecule has 0 aliphatic heterocycles. The van der Waals surface area contributed by atoms with Crippen molar-refractivity contribution in [3.8, 4) is 0 Å². The van der Waals surface area contributed by atoms with Gasteiger partial charge in [0.05, 0.1) is 5.92 Å². The summed E-state index contributed by atoms with van der Waals surface area (Å²) in [4.78, 5) is 27.8. The Labute approximate surface area is 112 Å². The number of rotatable bonds is 6. The fraction of sp³-hybridized carbons (Fsp3) is 0.462. The molecule has 0 bridgehead atoms. The molecule has 0 fully saturated rings. The van der Waals surface area contributed by atoms with Crippen LogP contribution in [0.3, 0.4) is 0 Å². The van der Waals surface area contributed by atoms with Crippen molar-refractivity contribution in [2.45, 2.75) is 13.3 Å². The number of amides is 2. The lowest BCUT2D eigenvalue weighted by Gasteiger charge is -2.18. The summed E-state index contributed by atoms with van der Waals surface area (Å²) in [6.07, 6.45) is 4.16. The number of nitrogens with one attached hydrogen (secondary N) is 1. The first kappa shape index (κ1) is 14.9. The number of carboxylic acids is 1. The van der Waals surface area contributed by atoms with Gasteiger partial charge in [-0.25, -0.2) is 4.79 Å². The van der Waals surface area contributed by atoms with Crippen LogP contribution in [0.5, 0.6) is 0 Å². The molecule has 6 heteroatoms. The van der Waals surface area contributed by atoms with Crippen molar-refractivity contribution >= 4 is 12.0 Å². The van der Waals surface area contributed by atoms with Gasteiger partial charge < -0.3 is 15.3 Å². The fourth-order valence-electron chi connectivity index (χ4n) is 1.41. The maximum Gasteiger partial charge on any atom is 0.317 e. The number of likely N-dealkylation sites (N-methyl/N-ethyl adjacent to an activating group) is 1. The van der Waals surface area contributed by atoms with Gasteiger partial charge in [0.25, 0.3) is 0 Å². The van der Waals surface area contributed by atoms with E-state index in [2.05, 4.69) is 10.3 Å². The minimum Gasteiger partial charge on any atom is -0.481 e. The molecule has 0 aliphatic carbocycles. The number of urea groups is 1. The molecule has 1 atom stereocenters. The van der Waals surface area contributed by atoms with Crippen molar-refractivity contribution in [3.63, 3.8) is 0 Å². The Morgan fingerprint density at radius 1 is 1.42 bits per heavy atom. The normalized spacial score (nSPS) is 11.7. The zero-order valence-electron chi connectivity index (χ0n) is 11.2. The molecule has 0 saturated heterocycles. The van der Waals surface area contributed by atoms with Crippen molar-refractivity contribution in [1.82, 2.24) is 15.2 Å². The standard InChI is InChI=1S/C13H19N3O3/c1-10(12(17)18)9-15-13(19)16(2)8-5-11-3-6-14-7-4-11/h3-4,6-7,10H,5,8-9H2,1-2H3,(H,15,19)(H,17,18). The molecule has 0 radical (unpaired) electrons. The average molecular weight is 265 g/mol. The van der Waals surface area contributed by atoms with Gasteiger partial charge in [0.2, 0.25) is 0 Å². The second-order valence-corrected chi connectivity index (χ2v) is 4.45. The molecular weight excluding hydrogens is 246 g/mol. The number of carbonyl (C=O) groups is 2. The summed E-state index contributed by atoms with van der Waals surface area (Å²) >= 11 is 0. The minimum atomic E-state index is -0.917. The number of nitrogens with zero attached hydrogens (tertiary/aromatic N) is 2. The first-order chi connectivity index (χ1) is 9.00. The molecule has 0 aromatic carbocycles. The third kappa shape index (κ3) is 5.37. The predicted molar refractivity (Wildman–Crippen MR) is 70.8 cm³/mol. The Kier molecular flexibility index (Phi) is 5.78. The van der Waals surface area contributed by atoms with Crippen LogP contribution in [0.15, 0.2) is 24.5 Å². The number of aromatic nitrogens is 1. The second kappa shape index (κ2) is 7.35. The van der Waals surface area contributed by atoms with E-state index in [1.165, 1.54) is 4.90 Å². The smallest absolute Gasteiger partial charge is 0.317 e. The molecule has 19 heavy (non-hydrogen) atoms. The third-order valence-electron chi connectivity index (χ3n) is 2.81. The summed E-state index contributed by atoms with van der Waals surface area (Å²) in [5.74, 6) is -1.50. The number of carbonyl (C=O) groups excluding carboxylic acids is 1. The van der Waals surface area contributed by atoms with Gasteiger partial charge in [-0.15, -0.1) is 0 Å². The summed E-state index contributed by atoms with van der Waals surface area (Å²) < 4.78 is 0. The van der Waals surface area contributed by atoms with Crippen molar-refractivity contribution in [1.29, 1.82) is 0 Å². The highest BCUT2D eigenvalue weighted by Gasteiger charge is 2.14. The van der Waals surface area contributed by atoms with Gasteiger partial charge >= 0.3 is 12.0 Å². The Morgan fingerprint density at radius 2 is 2.05 bits per heavy atom. The van der Waals surface area contributed by atoms with E-state index in [1.54, 1.807) is 26.4 Å². The van der Waals surface area contributed by atoms with Gasteiger partial charge in [-0.2, -0.15) is 0 Å². The number of pyridine rings is 1. The zero-order valence-corrected chi connectivity index (χ0v) is 11.2. The molecule has 0 aliphatic rings. The third-order valence-corrected chi connectivity index (χ3v) is 2.81. The largest absolute Gasteiger partial charge is 0.481 e. The predicted octanol–water partition coefficient (Wildman–Crippen LogP) is 0.986. The van der Waals surface area contributed by atoms with E-state index in [-0.39, 0.29) is 12.6 Å². The van der Waals surface area contributed by atoms with Crippen molar-refractivity contribution in [3.05, 3.63) is 30.1 Å². The molecule has 2 N–H and O–H groups in total. The zero-order chi connectivity index (χ0) is 14.3. The molecule has 6 nitrogen and oxygen atoms in total. The number of hydrogen-bond donors (Lipinski definition) is 2. The van der Waals surface area contributed by atoms with Crippen LogP contribution in [-0.2, 0) is 11.2 Å². The SMILES string of the molecule is CC(CNC(=O)N(C)CCc1ccncc1)C(=O)O. The van der Waals surface area contributed by atoms with Crippen LogP contribution in [-0.4, -0.2) is 47.1 Å². The number of hydrogen-bond acceptors (Lipinski definition) is 3. The summed E-state index contributed by atoms with van der Waals surface area (Å²) in [5, 5.41) is 11.3. The molecule has 1 aromatic heterocycles. The second-order valence-electron chi connectivity index (χ2n) is 4.45. The Balaban J connectivity index is 2.31. The van der Waals surface area contributed by atoms with Crippen LogP contribution < -0.4 is 5.32 Å². The molecular formula is C13H19N3O3. The van der Waals surface area contributed by atoms with Crippen LogP contribution >= 0.6 is 0 Å². The summed E-state index contributed by atoms with van der Waals surface area (Å²) in [7, 11) is 1.68. The molecule has 1 rings (SSSR count). The highest BCUT2D eigenvalue weighted by atomic mass is 16.4. The van der Waals surface area contributed by atoms with E-state index in [0.717, 1.165) is 12.0 Å². The van der Waals surface area contributed by atoms with Gasteiger partial charge in [0.15, 0.2) is 0 Å². The fourth-order valence-corrected chi connectivity index (χ4v) is 1.41. The monoisotopic (exact) mass is 265 g/mol. The van der Waals surface area contributed by atoms with Crippen LogP contribution in [0.1, 0.15) is 12.5 Å². The Morgan fingerprint density at radius 3 is 2.63 bits per heavy atom. The Hall–Kier alpha value is -2.11. The van der Waals surface area contributed by atoms with E-state index < -0.39 is 11.9 Å². The lowest BCUT2D eigenvalue weighted by molar-refractivity contribution is -0.140. The van der Waals surface area contributed by atoms with E-state index in [1.807, 2.05) is 12.1 Å². The van der Waals surface area contributed by atoms with Gasteiger partial charge in [0, 0.05) is 32.5 Å². The first-order valence-electron chi connectivity index (χ1n) is 6.11. The highest BCUT2D eigenvalue weighted by molar-refractivity contribution is 5.75. The van der Waals surface area contributed by atoms with Crippen LogP contribution in [0.2, 0.25) is 0 Å². The molecule has 0 saturated carbocycles. The summed E-state index contributed by atoms with van der Waals surface area (Å²) in [6, 6.07) is 3.54. The van der Waals surface area contributed by atoms with Crippen molar-refractivity contribution < 1.29 is 14.7 Å². The van der Waals surface area contributed by atoms with Gasteiger partial charge in [-0.05, 0) is 24.1 Å². The summed E-state index contributed by atoms with van der Waals surface area (Å²) in [6.45, 7) is 2.25. The maximum absolute atomic E-state index is 11.7. The highest BCUT2D eigenvalue weighted by Crippen LogP contribution is 1.99. The van der Waals surface area contributed by atoms with E-state index >= 15 is 0 Å². The van der Waals surface area contributed by atoms with Gasteiger partial charge in [0.1, 0.15) is 0 Å². The lowest BCUT2D eigenvalue weighted by atomic mass is 10.2. The average Bonchev–Trinajstić information content (AvgIpc) is 2.42. The van der Waals surface area contributed by atoms with Gasteiger partial charge in [-0.3, -0.25) is 9.78 Å². The number of carboxylic acid groups (broad SMARTS) is 1. The summed E-state index contributed by atoms with van der Waals surface area (Å²) in [5.41, 5.74) is 1.11. The molecule has 0 spiro atoms. The van der Waals surface area contributed by atoms with Crippen molar-refractivity contribution in [2.24, 2.45) is 5.92 Å². The molecule has 1 unspecified atom stereocenters. The topological polar surface area (TPSA) is 82.5 Å².